The van der Waals surface area contributed by atoms with E-state index in [1.807, 2.05) is 24.3 Å². The molecule has 0 heterocycles. The zero-order chi connectivity index (χ0) is 12.9. The average Bonchev–Trinajstić information content (AvgIpc) is 2.36. The van der Waals surface area contributed by atoms with E-state index in [-0.39, 0.29) is 5.54 Å². The van der Waals surface area contributed by atoms with Crippen LogP contribution in [0.25, 0.3) is 0 Å². The maximum atomic E-state index is 5.75. The molecule has 1 aromatic carbocycles. The molecule has 0 radical (unpaired) electrons. The Bertz CT molecular complexity index is 375. The molecule has 1 aromatic rings. The molecule has 0 aromatic heterocycles. The summed E-state index contributed by atoms with van der Waals surface area (Å²) in [7, 11) is 0. The molecule has 17 heavy (non-hydrogen) atoms. The van der Waals surface area contributed by atoms with Crippen molar-refractivity contribution >= 4 is 22.9 Å². The van der Waals surface area contributed by atoms with E-state index in [9.17, 15) is 0 Å². The summed E-state index contributed by atoms with van der Waals surface area (Å²) in [6, 6.07) is 7.99. The van der Waals surface area contributed by atoms with Gasteiger partial charge in [-0.25, -0.2) is 0 Å². The zero-order valence-corrected chi connectivity index (χ0v) is 11.7. The Balaban J connectivity index is 3.05. The first-order valence-corrected chi connectivity index (χ1v) is 6.66. The summed E-state index contributed by atoms with van der Waals surface area (Å²) in [5, 5.41) is 3.62. The predicted octanol–water partition coefficient (Wildman–Crippen LogP) is 3.70. The second kappa shape index (κ2) is 6.01. The SMILES string of the molecule is CCC(CC)(CC)Nc1ccccc1C(N)=S. The highest BCUT2D eigenvalue weighted by Gasteiger charge is 2.24. The Kier molecular flexibility index (Phi) is 4.94. The number of hydrogen-bond donors (Lipinski definition) is 2. The maximum absolute atomic E-state index is 5.75. The molecule has 0 atom stereocenters. The van der Waals surface area contributed by atoms with Crippen LogP contribution in [0.1, 0.15) is 45.6 Å². The van der Waals surface area contributed by atoms with Crippen LogP contribution in [0.15, 0.2) is 24.3 Å². The van der Waals surface area contributed by atoms with E-state index in [1.54, 1.807) is 0 Å². The fraction of sp³-hybridized carbons (Fsp3) is 0.500. The average molecular weight is 250 g/mol. The van der Waals surface area contributed by atoms with Crippen molar-refractivity contribution in [3.8, 4) is 0 Å². The van der Waals surface area contributed by atoms with E-state index in [1.165, 1.54) is 0 Å². The third kappa shape index (κ3) is 3.19. The molecule has 0 spiro atoms. The minimum absolute atomic E-state index is 0.140. The number of para-hydroxylation sites is 1. The van der Waals surface area contributed by atoms with Crippen LogP contribution in [0.2, 0.25) is 0 Å². The first kappa shape index (κ1) is 14.0. The Labute approximate surface area is 110 Å². The fourth-order valence-electron chi connectivity index (χ4n) is 2.11. The van der Waals surface area contributed by atoms with Crippen molar-refractivity contribution in [2.45, 2.75) is 45.6 Å². The van der Waals surface area contributed by atoms with Crippen molar-refractivity contribution in [1.29, 1.82) is 0 Å². The molecular formula is C14H22N2S. The van der Waals surface area contributed by atoms with Gasteiger partial charge in [0.05, 0.1) is 0 Å². The number of anilines is 1. The van der Waals surface area contributed by atoms with Crippen molar-refractivity contribution in [2.24, 2.45) is 5.73 Å². The van der Waals surface area contributed by atoms with Gasteiger partial charge in [-0.1, -0.05) is 45.1 Å². The van der Waals surface area contributed by atoms with Gasteiger partial charge in [0.2, 0.25) is 0 Å². The highest BCUT2D eigenvalue weighted by molar-refractivity contribution is 7.80. The van der Waals surface area contributed by atoms with Crippen molar-refractivity contribution < 1.29 is 0 Å². The van der Waals surface area contributed by atoms with Gasteiger partial charge in [0.25, 0.3) is 0 Å². The molecule has 0 amide bonds. The number of benzene rings is 1. The van der Waals surface area contributed by atoms with Gasteiger partial charge >= 0.3 is 0 Å². The first-order chi connectivity index (χ1) is 8.08. The quantitative estimate of drug-likeness (QED) is 0.756. The van der Waals surface area contributed by atoms with E-state index in [0.29, 0.717) is 4.99 Å². The molecule has 0 aliphatic carbocycles. The number of hydrogen-bond acceptors (Lipinski definition) is 2. The summed E-state index contributed by atoms with van der Waals surface area (Å²) in [4.78, 5) is 0.449. The van der Waals surface area contributed by atoms with Crippen LogP contribution >= 0.6 is 12.2 Å². The second-order valence-electron chi connectivity index (χ2n) is 4.38. The van der Waals surface area contributed by atoms with Crippen LogP contribution in [-0.2, 0) is 0 Å². The molecule has 3 heteroatoms. The highest BCUT2D eigenvalue weighted by Crippen LogP contribution is 2.27. The van der Waals surface area contributed by atoms with E-state index >= 15 is 0 Å². The molecular weight excluding hydrogens is 228 g/mol. The number of rotatable bonds is 6. The van der Waals surface area contributed by atoms with Crippen LogP contribution in [0.4, 0.5) is 5.69 Å². The minimum atomic E-state index is 0.140. The van der Waals surface area contributed by atoms with Crippen LogP contribution in [0.5, 0.6) is 0 Å². The third-order valence-electron chi connectivity index (χ3n) is 3.62. The normalized spacial score (nSPS) is 11.2. The number of nitrogens with one attached hydrogen (secondary N) is 1. The van der Waals surface area contributed by atoms with Gasteiger partial charge in [-0.15, -0.1) is 0 Å². The summed E-state index contributed by atoms with van der Waals surface area (Å²) >= 11 is 5.09. The van der Waals surface area contributed by atoms with Gasteiger partial charge in [-0.2, -0.15) is 0 Å². The summed E-state index contributed by atoms with van der Waals surface area (Å²) in [6.07, 6.45) is 3.27. The first-order valence-electron chi connectivity index (χ1n) is 6.25. The van der Waals surface area contributed by atoms with E-state index in [4.69, 9.17) is 18.0 Å². The molecule has 0 bridgehead atoms. The second-order valence-corrected chi connectivity index (χ2v) is 4.82. The Hall–Kier alpha value is -1.09. The van der Waals surface area contributed by atoms with Crippen LogP contribution in [0, 0.1) is 0 Å². The van der Waals surface area contributed by atoms with Crippen LogP contribution in [0.3, 0.4) is 0 Å². The van der Waals surface area contributed by atoms with Crippen molar-refractivity contribution in [1.82, 2.24) is 0 Å². The van der Waals surface area contributed by atoms with E-state index in [0.717, 1.165) is 30.5 Å². The summed E-state index contributed by atoms with van der Waals surface area (Å²) in [5.41, 5.74) is 7.87. The molecule has 0 saturated carbocycles. The lowest BCUT2D eigenvalue weighted by Gasteiger charge is -2.33. The molecule has 0 unspecified atom stereocenters. The lowest BCUT2D eigenvalue weighted by atomic mass is 9.89. The Morgan fingerprint density at radius 2 is 1.71 bits per heavy atom. The monoisotopic (exact) mass is 250 g/mol. The van der Waals surface area contributed by atoms with Crippen molar-refractivity contribution in [3.63, 3.8) is 0 Å². The summed E-state index contributed by atoms with van der Waals surface area (Å²) < 4.78 is 0. The standard InChI is InChI=1S/C14H22N2S/c1-4-14(5-2,6-3)16-12-10-8-7-9-11(12)13(15)17/h7-10,16H,4-6H2,1-3H3,(H2,15,17). The highest BCUT2D eigenvalue weighted by atomic mass is 32.1. The Morgan fingerprint density at radius 3 is 2.18 bits per heavy atom. The molecule has 0 aliphatic rings. The largest absolute Gasteiger partial charge is 0.389 e. The van der Waals surface area contributed by atoms with Gasteiger partial charge in [0.15, 0.2) is 0 Å². The predicted molar refractivity (Wildman–Crippen MR) is 79.6 cm³/mol. The number of nitrogens with two attached hydrogens (primary N) is 1. The van der Waals surface area contributed by atoms with Gasteiger partial charge in [0, 0.05) is 16.8 Å². The molecule has 0 saturated heterocycles. The van der Waals surface area contributed by atoms with Gasteiger partial charge in [0.1, 0.15) is 4.99 Å². The van der Waals surface area contributed by atoms with Crippen molar-refractivity contribution in [2.75, 3.05) is 5.32 Å². The van der Waals surface area contributed by atoms with E-state index < -0.39 is 0 Å². The van der Waals surface area contributed by atoms with Gasteiger partial charge < -0.3 is 11.1 Å². The lowest BCUT2D eigenvalue weighted by Crippen LogP contribution is -2.36. The van der Waals surface area contributed by atoms with E-state index in [2.05, 4.69) is 26.1 Å². The topological polar surface area (TPSA) is 38.0 Å². The molecule has 1 rings (SSSR count). The van der Waals surface area contributed by atoms with Crippen LogP contribution in [-0.4, -0.2) is 10.5 Å². The van der Waals surface area contributed by atoms with Crippen molar-refractivity contribution in [3.05, 3.63) is 29.8 Å². The fourth-order valence-corrected chi connectivity index (χ4v) is 2.29. The zero-order valence-electron chi connectivity index (χ0n) is 10.9. The molecule has 0 fully saturated rings. The summed E-state index contributed by atoms with van der Waals surface area (Å²) in [5.74, 6) is 0. The van der Waals surface area contributed by atoms with Gasteiger partial charge in [-0.3, -0.25) is 0 Å². The number of thiocarbonyl (C=S) groups is 1. The van der Waals surface area contributed by atoms with Gasteiger partial charge in [-0.05, 0) is 31.4 Å². The maximum Gasteiger partial charge on any atom is 0.106 e. The Morgan fingerprint density at radius 1 is 1.18 bits per heavy atom. The molecule has 3 N–H and O–H groups in total. The lowest BCUT2D eigenvalue weighted by molar-refractivity contribution is 0.420. The molecule has 0 aliphatic heterocycles. The minimum Gasteiger partial charge on any atom is -0.389 e. The molecule has 94 valence electrons. The third-order valence-corrected chi connectivity index (χ3v) is 3.84. The van der Waals surface area contributed by atoms with Crippen LogP contribution < -0.4 is 11.1 Å². The molecule has 2 nitrogen and oxygen atoms in total. The summed E-state index contributed by atoms with van der Waals surface area (Å²) in [6.45, 7) is 6.64. The smallest absolute Gasteiger partial charge is 0.106 e.